The Morgan fingerprint density at radius 2 is 2.07 bits per heavy atom. The quantitative estimate of drug-likeness (QED) is 0.704. The van der Waals surface area contributed by atoms with Crippen LogP contribution >= 0.6 is 0 Å². The average Bonchev–Trinajstić information content (AvgIpc) is 2.98. The summed E-state index contributed by atoms with van der Waals surface area (Å²) in [4.78, 5) is 6.83. The molecule has 5 rings (SSSR count). The van der Waals surface area contributed by atoms with Gasteiger partial charge in [-0.3, -0.25) is 4.90 Å². The van der Waals surface area contributed by atoms with Gasteiger partial charge in [-0.25, -0.2) is 4.98 Å². The molecule has 0 spiro atoms. The van der Waals surface area contributed by atoms with E-state index in [2.05, 4.69) is 55.1 Å². The van der Waals surface area contributed by atoms with Crippen LogP contribution in [0.15, 0.2) is 36.1 Å². The van der Waals surface area contributed by atoms with Crippen molar-refractivity contribution in [1.82, 2.24) is 9.88 Å². The van der Waals surface area contributed by atoms with E-state index in [9.17, 15) is 5.11 Å². The minimum Gasteiger partial charge on any atom is -0.393 e. The van der Waals surface area contributed by atoms with Gasteiger partial charge in [-0.15, -0.1) is 0 Å². The molecule has 3 saturated carbocycles. The average molecular weight is 394 g/mol. The third-order valence-electron chi connectivity index (χ3n) is 9.12. The maximum Gasteiger partial charge on any atom is 0.130 e. The fourth-order valence-electron chi connectivity index (χ4n) is 7.74. The molecular weight excluding hydrogens is 358 g/mol. The van der Waals surface area contributed by atoms with Gasteiger partial charge in [0.1, 0.15) is 5.82 Å². The molecule has 0 saturated heterocycles. The van der Waals surface area contributed by atoms with Gasteiger partial charge in [0.2, 0.25) is 0 Å². The molecule has 0 radical (unpaired) electrons. The normalized spacial score (nSPS) is 45.7. The van der Waals surface area contributed by atoms with Gasteiger partial charge in [0, 0.05) is 29.8 Å². The van der Waals surface area contributed by atoms with Crippen LogP contribution in [0.5, 0.6) is 0 Å². The first-order valence-corrected chi connectivity index (χ1v) is 11.3. The van der Waals surface area contributed by atoms with E-state index in [4.69, 9.17) is 5.73 Å². The zero-order chi connectivity index (χ0) is 20.4. The summed E-state index contributed by atoms with van der Waals surface area (Å²) in [7, 11) is 2.26. The van der Waals surface area contributed by atoms with Crippen LogP contribution in [0.2, 0.25) is 0 Å². The predicted molar refractivity (Wildman–Crippen MR) is 118 cm³/mol. The smallest absolute Gasteiger partial charge is 0.130 e. The molecule has 156 valence electrons. The minimum absolute atomic E-state index is 0.0904. The highest BCUT2D eigenvalue weighted by Crippen LogP contribution is 2.64. The van der Waals surface area contributed by atoms with Crippen molar-refractivity contribution in [1.29, 1.82) is 0 Å². The standard InChI is InChI=1S/C25H35N3O/c1-24-11-9-20-18(19(24)7-8-21(24)29)15-17(14-16-6-4-12-27-23(16)26)22-25(20,2)10-5-13-28(22)3/h4-6,10,12,14,18-22,29H,7-9,11,13,15H2,1-3H3,(H2,26,27)/t18-,19-,20-,21-,22+,24-,25+/m0/s1. The van der Waals surface area contributed by atoms with Crippen LogP contribution in [0.25, 0.3) is 6.08 Å². The van der Waals surface area contributed by atoms with E-state index in [1.54, 1.807) is 6.20 Å². The van der Waals surface area contributed by atoms with E-state index < -0.39 is 0 Å². The summed E-state index contributed by atoms with van der Waals surface area (Å²) in [6.45, 7) is 5.83. The van der Waals surface area contributed by atoms with Gasteiger partial charge in [-0.05, 0) is 74.5 Å². The van der Waals surface area contributed by atoms with Crippen molar-refractivity contribution in [2.45, 2.75) is 58.1 Å². The molecule has 1 aromatic heterocycles. The highest BCUT2D eigenvalue weighted by molar-refractivity contribution is 5.64. The molecule has 1 aliphatic heterocycles. The molecule has 3 fully saturated rings. The second-order valence-corrected chi connectivity index (χ2v) is 10.5. The molecule has 29 heavy (non-hydrogen) atoms. The van der Waals surface area contributed by atoms with Crippen LogP contribution < -0.4 is 5.73 Å². The number of anilines is 1. The number of nitrogen functional groups attached to an aromatic ring is 1. The Kier molecular flexibility index (Phi) is 4.45. The number of fused-ring (bicyclic) bond motifs is 5. The molecular formula is C25H35N3O. The molecule has 2 heterocycles. The van der Waals surface area contributed by atoms with E-state index in [-0.39, 0.29) is 16.9 Å². The predicted octanol–water partition coefficient (Wildman–Crippen LogP) is 4.13. The van der Waals surface area contributed by atoms with Crippen molar-refractivity contribution >= 4 is 11.9 Å². The van der Waals surface area contributed by atoms with Gasteiger partial charge >= 0.3 is 0 Å². The van der Waals surface area contributed by atoms with Gasteiger partial charge in [0.05, 0.1) is 6.10 Å². The van der Waals surface area contributed by atoms with Crippen LogP contribution in [-0.4, -0.2) is 40.7 Å². The van der Waals surface area contributed by atoms with Crippen LogP contribution in [0.4, 0.5) is 5.82 Å². The first kappa shape index (κ1) is 19.3. The summed E-state index contributed by atoms with van der Waals surface area (Å²) in [5, 5.41) is 10.8. The summed E-state index contributed by atoms with van der Waals surface area (Å²) < 4.78 is 0. The van der Waals surface area contributed by atoms with Gasteiger partial charge in [-0.2, -0.15) is 0 Å². The van der Waals surface area contributed by atoms with Crippen molar-refractivity contribution in [3.05, 3.63) is 41.6 Å². The fraction of sp³-hybridized carbons (Fsp3) is 0.640. The summed E-state index contributed by atoms with van der Waals surface area (Å²) in [5.41, 5.74) is 8.97. The number of aromatic nitrogens is 1. The number of nitrogens with zero attached hydrogens (tertiary/aromatic N) is 2. The molecule has 7 atom stereocenters. The Bertz CT molecular complexity index is 863. The van der Waals surface area contributed by atoms with E-state index in [1.807, 2.05) is 6.07 Å². The molecule has 3 aliphatic carbocycles. The van der Waals surface area contributed by atoms with E-state index >= 15 is 0 Å². The number of rotatable bonds is 1. The molecule has 0 bridgehead atoms. The van der Waals surface area contributed by atoms with Crippen molar-refractivity contribution in [3.8, 4) is 0 Å². The lowest BCUT2D eigenvalue weighted by Gasteiger charge is -2.61. The number of hydrogen-bond donors (Lipinski definition) is 2. The van der Waals surface area contributed by atoms with E-state index in [0.29, 0.717) is 29.6 Å². The second kappa shape index (κ2) is 6.68. The van der Waals surface area contributed by atoms with Crippen LogP contribution in [-0.2, 0) is 0 Å². The third kappa shape index (κ3) is 2.75. The maximum atomic E-state index is 10.8. The van der Waals surface area contributed by atoms with Gasteiger partial charge < -0.3 is 10.8 Å². The summed E-state index contributed by atoms with van der Waals surface area (Å²) in [6, 6.07) is 4.47. The van der Waals surface area contributed by atoms with Crippen LogP contribution in [0, 0.1) is 28.6 Å². The SMILES string of the molecule is CN1CC=C[C@]2(C)[C@H]3CC[C@]4(C)[C@@H](O)CC[C@H]4[C@@H]3CC(=Cc3cccnc3N)[C@@H]12. The van der Waals surface area contributed by atoms with Gasteiger partial charge in [-0.1, -0.05) is 37.6 Å². The Balaban J connectivity index is 1.61. The number of pyridine rings is 1. The number of aliphatic hydroxyl groups is 1. The third-order valence-corrected chi connectivity index (χ3v) is 9.12. The first-order chi connectivity index (χ1) is 13.8. The zero-order valence-corrected chi connectivity index (χ0v) is 18.0. The number of nitrogens with two attached hydrogens (primary N) is 1. The molecule has 4 nitrogen and oxygen atoms in total. The summed E-state index contributed by atoms with van der Waals surface area (Å²) >= 11 is 0. The van der Waals surface area contributed by atoms with Gasteiger partial charge in [0.25, 0.3) is 0 Å². The first-order valence-electron chi connectivity index (χ1n) is 11.3. The molecule has 4 aliphatic rings. The molecule has 0 aromatic carbocycles. The van der Waals surface area contributed by atoms with E-state index in [1.165, 1.54) is 18.4 Å². The number of likely N-dealkylation sites (N-methyl/N-ethyl adjacent to an activating group) is 1. The van der Waals surface area contributed by atoms with Crippen LogP contribution in [0.3, 0.4) is 0 Å². The van der Waals surface area contributed by atoms with Gasteiger partial charge in [0.15, 0.2) is 0 Å². The summed E-state index contributed by atoms with van der Waals surface area (Å²) in [5.74, 6) is 2.54. The highest BCUT2D eigenvalue weighted by Gasteiger charge is 2.60. The number of hydrogen-bond acceptors (Lipinski definition) is 4. The van der Waals surface area contributed by atoms with Crippen molar-refractivity contribution in [2.75, 3.05) is 19.3 Å². The summed E-state index contributed by atoms with van der Waals surface area (Å²) in [6.07, 6.45) is 14.5. The Hall–Kier alpha value is -1.65. The Morgan fingerprint density at radius 3 is 2.86 bits per heavy atom. The molecule has 0 amide bonds. The molecule has 0 unspecified atom stereocenters. The van der Waals surface area contributed by atoms with Crippen molar-refractivity contribution in [2.24, 2.45) is 28.6 Å². The molecule has 3 N–H and O–H groups in total. The second-order valence-electron chi connectivity index (χ2n) is 10.5. The lowest BCUT2D eigenvalue weighted by Crippen LogP contribution is -2.59. The molecule has 1 aromatic rings. The van der Waals surface area contributed by atoms with E-state index in [0.717, 1.165) is 31.4 Å². The Labute approximate surface area is 174 Å². The Morgan fingerprint density at radius 1 is 1.24 bits per heavy atom. The fourth-order valence-corrected chi connectivity index (χ4v) is 7.74. The highest BCUT2D eigenvalue weighted by atomic mass is 16.3. The minimum atomic E-state index is -0.134. The van der Waals surface area contributed by atoms with Crippen LogP contribution in [0.1, 0.15) is 51.5 Å². The van der Waals surface area contributed by atoms with Crippen molar-refractivity contribution in [3.63, 3.8) is 0 Å². The lowest BCUT2D eigenvalue weighted by atomic mass is 9.47. The monoisotopic (exact) mass is 393 g/mol. The lowest BCUT2D eigenvalue weighted by molar-refractivity contribution is -0.0834. The number of aliphatic hydroxyl groups excluding tert-OH is 1. The largest absolute Gasteiger partial charge is 0.393 e. The maximum absolute atomic E-state index is 10.8. The topological polar surface area (TPSA) is 62.4 Å². The van der Waals surface area contributed by atoms with Crippen molar-refractivity contribution < 1.29 is 5.11 Å². The zero-order valence-electron chi connectivity index (χ0n) is 18.0. The molecule has 4 heteroatoms.